The summed E-state index contributed by atoms with van der Waals surface area (Å²) < 4.78 is 5.81. The summed E-state index contributed by atoms with van der Waals surface area (Å²) in [4.78, 5) is 27.8. The van der Waals surface area contributed by atoms with Crippen molar-refractivity contribution < 1.29 is 14.3 Å². The summed E-state index contributed by atoms with van der Waals surface area (Å²) >= 11 is 0. The lowest BCUT2D eigenvalue weighted by Crippen LogP contribution is -2.52. The van der Waals surface area contributed by atoms with E-state index >= 15 is 0 Å². The summed E-state index contributed by atoms with van der Waals surface area (Å²) in [5, 5.41) is 6.53. The molecular weight excluding hydrogens is 272 g/mol. The summed E-state index contributed by atoms with van der Waals surface area (Å²) in [6.07, 6.45) is 3.12. The summed E-state index contributed by atoms with van der Waals surface area (Å²) in [5.41, 5.74) is 0.504. The van der Waals surface area contributed by atoms with Crippen LogP contribution in [0.4, 0.5) is 0 Å². The molecule has 0 bridgehead atoms. The van der Waals surface area contributed by atoms with E-state index in [0.29, 0.717) is 31.9 Å². The lowest BCUT2D eigenvalue weighted by molar-refractivity contribution is -0.144. The van der Waals surface area contributed by atoms with Gasteiger partial charge in [0.05, 0.1) is 18.8 Å². The minimum atomic E-state index is -0.0412. The number of H-pyrrole nitrogens is 1. The van der Waals surface area contributed by atoms with Crippen molar-refractivity contribution >= 4 is 11.8 Å². The first kappa shape index (κ1) is 14.1. The molecule has 0 aliphatic carbocycles. The molecule has 2 amide bonds. The number of morpholine rings is 1. The monoisotopic (exact) mass is 292 g/mol. The van der Waals surface area contributed by atoms with Crippen LogP contribution < -0.4 is 0 Å². The van der Waals surface area contributed by atoms with Crippen LogP contribution >= 0.6 is 0 Å². The van der Waals surface area contributed by atoms with Gasteiger partial charge in [-0.25, -0.2) is 0 Å². The Bertz CT molecular complexity index is 516. The van der Waals surface area contributed by atoms with Gasteiger partial charge in [0, 0.05) is 32.8 Å². The van der Waals surface area contributed by atoms with Gasteiger partial charge in [-0.05, 0) is 18.9 Å². The molecule has 21 heavy (non-hydrogen) atoms. The van der Waals surface area contributed by atoms with E-state index in [-0.39, 0.29) is 24.0 Å². The third-order valence-corrected chi connectivity index (χ3v) is 4.29. The molecule has 3 rings (SSSR count). The quantitative estimate of drug-likeness (QED) is 0.805. The number of carbonyl (C=O) groups excluding carboxylic acids is 2. The molecule has 0 radical (unpaired) electrons. The molecule has 0 spiro atoms. The zero-order valence-corrected chi connectivity index (χ0v) is 12.1. The molecule has 7 nitrogen and oxygen atoms in total. The fourth-order valence-corrected chi connectivity index (χ4v) is 3.22. The topological polar surface area (TPSA) is 78.5 Å². The van der Waals surface area contributed by atoms with Crippen LogP contribution in [0.5, 0.6) is 0 Å². The Morgan fingerprint density at radius 1 is 1.33 bits per heavy atom. The summed E-state index contributed by atoms with van der Waals surface area (Å²) in [7, 11) is 0. The summed E-state index contributed by atoms with van der Waals surface area (Å²) in [5.74, 6) is 0.0437. The standard InChI is InChI=1S/C14H20N4O3/c1-10(19)18-8-9-21-13-4-7-17(6-3-12(13)18)14(20)11-2-5-15-16-11/h2,5,12-13H,3-4,6-9H2,1H3,(H,15,16)/t12-,13-/m1/s1. The maximum Gasteiger partial charge on any atom is 0.271 e. The predicted octanol–water partition coefficient (Wildman–Crippen LogP) is 0.262. The highest BCUT2D eigenvalue weighted by Gasteiger charge is 2.36. The number of hydrogen-bond donors (Lipinski definition) is 1. The van der Waals surface area contributed by atoms with Crippen molar-refractivity contribution in [2.75, 3.05) is 26.2 Å². The average molecular weight is 292 g/mol. The van der Waals surface area contributed by atoms with Crippen molar-refractivity contribution in [2.24, 2.45) is 0 Å². The number of ether oxygens (including phenoxy) is 1. The number of likely N-dealkylation sites (tertiary alicyclic amines) is 1. The van der Waals surface area contributed by atoms with Gasteiger partial charge in [0.15, 0.2) is 0 Å². The number of amides is 2. The van der Waals surface area contributed by atoms with Gasteiger partial charge in [0.25, 0.3) is 5.91 Å². The van der Waals surface area contributed by atoms with Gasteiger partial charge in [-0.2, -0.15) is 5.10 Å². The number of aromatic nitrogens is 2. The van der Waals surface area contributed by atoms with E-state index in [4.69, 9.17) is 4.74 Å². The Labute approximate surface area is 123 Å². The first-order valence-corrected chi connectivity index (χ1v) is 7.34. The first-order valence-electron chi connectivity index (χ1n) is 7.34. The molecule has 1 N–H and O–H groups in total. The van der Waals surface area contributed by atoms with Gasteiger partial charge in [-0.1, -0.05) is 0 Å². The maximum absolute atomic E-state index is 12.4. The van der Waals surface area contributed by atoms with Gasteiger partial charge in [0.1, 0.15) is 5.69 Å². The van der Waals surface area contributed by atoms with Crippen LogP contribution in [0.3, 0.4) is 0 Å². The molecule has 0 saturated carbocycles. The molecule has 2 saturated heterocycles. The van der Waals surface area contributed by atoms with E-state index in [1.807, 2.05) is 9.80 Å². The molecule has 2 fully saturated rings. The predicted molar refractivity (Wildman–Crippen MR) is 74.6 cm³/mol. The highest BCUT2D eigenvalue weighted by atomic mass is 16.5. The number of carbonyl (C=O) groups is 2. The van der Waals surface area contributed by atoms with E-state index in [1.54, 1.807) is 19.2 Å². The first-order chi connectivity index (χ1) is 10.2. The minimum Gasteiger partial charge on any atom is -0.374 e. The molecule has 7 heteroatoms. The Hall–Kier alpha value is -1.89. The van der Waals surface area contributed by atoms with Crippen LogP contribution in [-0.4, -0.2) is 70.2 Å². The van der Waals surface area contributed by atoms with Crippen LogP contribution in [0.2, 0.25) is 0 Å². The molecule has 1 aromatic heterocycles. The lowest BCUT2D eigenvalue weighted by Gasteiger charge is -2.39. The molecule has 0 unspecified atom stereocenters. The molecular formula is C14H20N4O3. The van der Waals surface area contributed by atoms with Crippen LogP contribution in [-0.2, 0) is 9.53 Å². The second-order valence-electron chi connectivity index (χ2n) is 5.53. The Balaban J connectivity index is 1.71. The zero-order chi connectivity index (χ0) is 14.8. The van der Waals surface area contributed by atoms with Gasteiger partial charge in [0.2, 0.25) is 5.91 Å². The van der Waals surface area contributed by atoms with Gasteiger partial charge >= 0.3 is 0 Å². The number of hydrogen-bond acceptors (Lipinski definition) is 4. The summed E-state index contributed by atoms with van der Waals surface area (Å²) in [6.45, 7) is 4.10. The number of nitrogens with one attached hydrogen (secondary N) is 1. The third-order valence-electron chi connectivity index (χ3n) is 4.29. The molecule has 0 aromatic carbocycles. The van der Waals surface area contributed by atoms with E-state index in [1.165, 1.54) is 0 Å². The molecule has 3 heterocycles. The highest BCUT2D eigenvalue weighted by molar-refractivity contribution is 5.92. The zero-order valence-electron chi connectivity index (χ0n) is 12.1. The second-order valence-corrected chi connectivity index (χ2v) is 5.53. The summed E-state index contributed by atoms with van der Waals surface area (Å²) in [6, 6.07) is 1.76. The average Bonchev–Trinajstić information content (AvgIpc) is 2.92. The largest absolute Gasteiger partial charge is 0.374 e. The molecule has 2 aliphatic rings. The van der Waals surface area contributed by atoms with E-state index < -0.39 is 0 Å². The fourth-order valence-electron chi connectivity index (χ4n) is 3.22. The Morgan fingerprint density at radius 2 is 2.14 bits per heavy atom. The number of fused-ring (bicyclic) bond motifs is 1. The highest BCUT2D eigenvalue weighted by Crippen LogP contribution is 2.24. The van der Waals surface area contributed by atoms with Crippen molar-refractivity contribution in [2.45, 2.75) is 31.9 Å². The van der Waals surface area contributed by atoms with Crippen LogP contribution in [0.1, 0.15) is 30.3 Å². The number of nitrogens with zero attached hydrogens (tertiary/aromatic N) is 3. The minimum absolute atomic E-state index is 0.0298. The van der Waals surface area contributed by atoms with Crippen molar-refractivity contribution in [3.8, 4) is 0 Å². The van der Waals surface area contributed by atoms with Gasteiger partial charge < -0.3 is 14.5 Å². The van der Waals surface area contributed by atoms with Crippen LogP contribution in [0.25, 0.3) is 0 Å². The van der Waals surface area contributed by atoms with Crippen LogP contribution in [0.15, 0.2) is 12.3 Å². The Kier molecular flexibility index (Phi) is 3.92. The van der Waals surface area contributed by atoms with E-state index in [9.17, 15) is 9.59 Å². The Morgan fingerprint density at radius 3 is 2.86 bits per heavy atom. The van der Waals surface area contributed by atoms with Gasteiger partial charge in [-0.3, -0.25) is 14.7 Å². The third kappa shape index (κ3) is 2.78. The molecule has 2 atom stereocenters. The van der Waals surface area contributed by atoms with Crippen LogP contribution in [0, 0.1) is 0 Å². The van der Waals surface area contributed by atoms with Crippen molar-refractivity contribution in [3.05, 3.63) is 18.0 Å². The fraction of sp³-hybridized carbons (Fsp3) is 0.643. The smallest absolute Gasteiger partial charge is 0.271 e. The lowest BCUT2D eigenvalue weighted by atomic mass is 10.0. The molecule has 114 valence electrons. The number of aromatic amines is 1. The normalized spacial score (nSPS) is 26.1. The molecule has 1 aromatic rings. The van der Waals surface area contributed by atoms with Crippen molar-refractivity contribution in [1.82, 2.24) is 20.0 Å². The number of rotatable bonds is 1. The van der Waals surface area contributed by atoms with Gasteiger partial charge in [-0.15, -0.1) is 0 Å². The van der Waals surface area contributed by atoms with Crippen molar-refractivity contribution in [3.63, 3.8) is 0 Å². The molecule has 2 aliphatic heterocycles. The SMILES string of the molecule is CC(=O)N1CCO[C@@H]2CCN(C(=O)c3ccn[nH]3)CC[C@H]21. The van der Waals surface area contributed by atoms with E-state index in [0.717, 1.165) is 12.8 Å². The maximum atomic E-state index is 12.4. The van der Waals surface area contributed by atoms with Crippen molar-refractivity contribution in [1.29, 1.82) is 0 Å². The van der Waals surface area contributed by atoms with E-state index in [2.05, 4.69) is 10.2 Å². The second kappa shape index (κ2) is 5.85.